The van der Waals surface area contributed by atoms with Crippen LogP contribution in [-0.2, 0) is 16.0 Å². The molecule has 3 nitrogen and oxygen atoms in total. The zero-order chi connectivity index (χ0) is 15.8. The van der Waals surface area contributed by atoms with Gasteiger partial charge < -0.3 is 0 Å². The first-order valence-corrected chi connectivity index (χ1v) is 7.31. The molecule has 22 heavy (non-hydrogen) atoms. The molecule has 0 spiro atoms. The number of ketones is 3. The summed E-state index contributed by atoms with van der Waals surface area (Å²) in [5.41, 5.74) is 1.58. The quantitative estimate of drug-likeness (QED) is 0.553. The Morgan fingerprint density at radius 2 is 1.27 bits per heavy atom. The van der Waals surface area contributed by atoms with Crippen LogP contribution in [0.15, 0.2) is 60.7 Å². The monoisotopic (exact) mass is 294 g/mol. The normalized spacial score (nSPS) is 10.2. The van der Waals surface area contributed by atoms with E-state index in [1.54, 1.807) is 24.3 Å². The first-order valence-electron chi connectivity index (χ1n) is 7.31. The predicted octanol–water partition coefficient (Wildman–Crippen LogP) is 3.42. The molecule has 0 aliphatic carbocycles. The van der Waals surface area contributed by atoms with Gasteiger partial charge in [0.15, 0.2) is 5.78 Å². The molecule has 0 N–H and O–H groups in total. The molecule has 0 aliphatic heterocycles. The molecular weight excluding hydrogens is 276 g/mol. The van der Waals surface area contributed by atoms with Crippen LogP contribution in [-0.4, -0.2) is 17.3 Å². The molecular formula is C19H18O3. The topological polar surface area (TPSA) is 51.2 Å². The fourth-order valence-corrected chi connectivity index (χ4v) is 2.20. The zero-order valence-corrected chi connectivity index (χ0v) is 12.3. The van der Waals surface area contributed by atoms with Gasteiger partial charge in [0.05, 0.1) is 12.8 Å². The molecule has 0 heterocycles. The van der Waals surface area contributed by atoms with E-state index in [-0.39, 0.29) is 30.2 Å². The molecule has 2 aromatic carbocycles. The van der Waals surface area contributed by atoms with Crippen molar-refractivity contribution in [1.29, 1.82) is 0 Å². The highest BCUT2D eigenvalue weighted by molar-refractivity contribution is 6.12. The maximum absolute atomic E-state index is 11.9. The number of benzene rings is 2. The number of rotatable bonds is 8. The Morgan fingerprint density at radius 3 is 1.91 bits per heavy atom. The molecule has 0 fully saturated rings. The van der Waals surface area contributed by atoms with Crippen LogP contribution in [0.2, 0.25) is 0 Å². The van der Waals surface area contributed by atoms with Crippen molar-refractivity contribution in [2.45, 2.75) is 25.7 Å². The first kappa shape index (κ1) is 15.8. The molecule has 0 saturated heterocycles. The Labute approximate surface area is 130 Å². The summed E-state index contributed by atoms with van der Waals surface area (Å²) in [6.45, 7) is 0. The van der Waals surface area contributed by atoms with Gasteiger partial charge in [-0.15, -0.1) is 0 Å². The third-order valence-electron chi connectivity index (χ3n) is 3.38. The van der Waals surface area contributed by atoms with E-state index >= 15 is 0 Å². The van der Waals surface area contributed by atoms with Crippen LogP contribution in [0.5, 0.6) is 0 Å². The lowest BCUT2D eigenvalue weighted by atomic mass is 10.0. The Bertz CT molecular complexity index is 645. The molecule has 0 amide bonds. The smallest absolute Gasteiger partial charge is 0.170 e. The van der Waals surface area contributed by atoms with Crippen molar-refractivity contribution < 1.29 is 14.4 Å². The lowest BCUT2D eigenvalue weighted by Gasteiger charge is -2.02. The molecule has 112 valence electrons. The van der Waals surface area contributed by atoms with Gasteiger partial charge in [-0.05, 0) is 12.0 Å². The van der Waals surface area contributed by atoms with Crippen molar-refractivity contribution in [2.24, 2.45) is 0 Å². The Morgan fingerprint density at radius 1 is 0.682 bits per heavy atom. The van der Waals surface area contributed by atoms with Gasteiger partial charge in [0.25, 0.3) is 0 Å². The molecule has 0 unspecified atom stereocenters. The maximum Gasteiger partial charge on any atom is 0.170 e. The van der Waals surface area contributed by atoms with Gasteiger partial charge >= 0.3 is 0 Å². The first-order chi connectivity index (χ1) is 10.6. The SMILES string of the molecule is O=C(CCc1ccccc1)CC(=O)CC(=O)c1ccccc1. The van der Waals surface area contributed by atoms with Gasteiger partial charge in [0.1, 0.15) is 11.6 Å². The van der Waals surface area contributed by atoms with Crippen LogP contribution in [0, 0.1) is 0 Å². The molecule has 0 atom stereocenters. The van der Waals surface area contributed by atoms with Crippen LogP contribution in [0.3, 0.4) is 0 Å². The summed E-state index contributed by atoms with van der Waals surface area (Å²) in [4.78, 5) is 35.5. The summed E-state index contributed by atoms with van der Waals surface area (Å²) in [6.07, 6.45) is 0.585. The van der Waals surface area contributed by atoms with Gasteiger partial charge in [0.2, 0.25) is 0 Å². The second kappa shape index (κ2) is 8.03. The highest BCUT2D eigenvalue weighted by Gasteiger charge is 2.15. The van der Waals surface area contributed by atoms with Gasteiger partial charge in [-0.25, -0.2) is 0 Å². The van der Waals surface area contributed by atoms with E-state index in [0.29, 0.717) is 18.4 Å². The highest BCUT2D eigenvalue weighted by atomic mass is 16.2. The Hall–Kier alpha value is -2.55. The average molecular weight is 294 g/mol. The molecule has 0 bridgehead atoms. The summed E-state index contributed by atoms with van der Waals surface area (Å²) in [7, 11) is 0. The van der Waals surface area contributed by atoms with Gasteiger partial charge in [-0.1, -0.05) is 60.7 Å². The maximum atomic E-state index is 11.9. The van der Waals surface area contributed by atoms with Crippen LogP contribution in [0.4, 0.5) is 0 Å². The lowest BCUT2D eigenvalue weighted by Crippen LogP contribution is -2.13. The third kappa shape index (κ3) is 5.09. The number of carbonyl (C=O) groups is 3. The molecule has 0 aliphatic rings. The fourth-order valence-electron chi connectivity index (χ4n) is 2.20. The Kier molecular flexibility index (Phi) is 5.78. The van der Waals surface area contributed by atoms with Crippen LogP contribution in [0.1, 0.15) is 35.2 Å². The van der Waals surface area contributed by atoms with Crippen LogP contribution in [0.25, 0.3) is 0 Å². The minimum absolute atomic E-state index is 0.116. The minimum Gasteiger partial charge on any atom is -0.299 e. The number of carbonyl (C=O) groups excluding carboxylic acids is 3. The van der Waals surface area contributed by atoms with E-state index in [0.717, 1.165) is 5.56 Å². The van der Waals surface area contributed by atoms with E-state index in [4.69, 9.17) is 0 Å². The van der Waals surface area contributed by atoms with E-state index in [2.05, 4.69) is 0 Å². The molecule has 3 heteroatoms. The molecule has 0 radical (unpaired) electrons. The minimum atomic E-state index is -0.313. The van der Waals surface area contributed by atoms with Gasteiger partial charge in [0, 0.05) is 12.0 Å². The molecule has 0 saturated carbocycles. The van der Waals surface area contributed by atoms with Crippen molar-refractivity contribution >= 4 is 17.3 Å². The van der Waals surface area contributed by atoms with Crippen molar-refractivity contribution in [1.82, 2.24) is 0 Å². The highest BCUT2D eigenvalue weighted by Crippen LogP contribution is 2.07. The van der Waals surface area contributed by atoms with Crippen LogP contribution >= 0.6 is 0 Å². The largest absolute Gasteiger partial charge is 0.299 e. The zero-order valence-electron chi connectivity index (χ0n) is 12.3. The van der Waals surface area contributed by atoms with Crippen molar-refractivity contribution in [2.75, 3.05) is 0 Å². The van der Waals surface area contributed by atoms with E-state index in [1.807, 2.05) is 36.4 Å². The predicted molar refractivity (Wildman–Crippen MR) is 84.8 cm³/mol. The van der Waals surface area contributed by atoms with Crippen molar-refractivity contribution in [3.63, 3.8) is 0 Å². The summed E-state index contributed by atoms with van der Waals surface area (Å²) >= 11 is 0. The lowest BCUT2D eigenvalue weighted by molar-refractivity contribution is -0.126. The van der Waals surface area contributed by atoms with Gasteiger partial charge in [-0.2, -0.15) is 0 Å². The second-order valence-corrected chi connectivity index (χ2v) is 5.21. The van der Waals surface area contributed by atoms with Crippen molar-refractivity contribution in [3.05, 3.63) is 71.8 Å². The summed E-state index contributed by atoms with van der Waals surface area (Å²) in [5.74, 6) is -0.664. The third-order valence-corrected chi connectivity index (χ3v) is 3.38. The average Bonchev–Trinajstić information content (AvgIpc) is 2.54. The van der Waals surface area contributed by atoms with Gasteiger partial charge in [-0.3, -0.25) is 14.4 Å². The fraction of sp³-hybridized carbons (Fsp3) is 0.211. The summed E-state index contributed by atoms with van der Waals surface area (Å²) in [6, 6.07) is 18.3. The van der Waals surface area contributed by atoms with E-state index in [9.17, 15) is 14.4 Å². The standard InChI is InChI=1S/C19H18O3/c20-17(12-11-15-7-3-1-4-8-15)13-18(21)14-19(22)16-9-5-2-6-10-16/h1-10H,11-14H2. The summed E-state index contributed by atoms with van der Waals surface area (Å²) < 4.78 is 0. The van der Waals surface area contributed by atoms with Crippen LogP contribution < -0.4 is 0 Å². The van der Waals surface area contributed by atoms with E-state index < -0.39 is 0 Å². The number of hydrogen-bond donors (Lipinski definition) is 0. The second-order valence-electron chi connectivity index (χ2n) is 5.21. The Balaban J connectivity index is 1.77. The molecule has 2 aromatic rings. The number of aryl methyl sites for hydroxylation is 1. The number of Topliss-reactive ketones (excluding diaryl/α,β-unsaturated/α-hetero) is 3. The molecule has 0 aromatic heterocycles. The number of hydrogen-bond acceptors (Lipinski definition) is 3. The van der Waals surface area contributed by atoms with E-state index in [1.165, 1.54) is 0 Å². The van der Waals surface area contributed by atoms with Crippen molar-refractivity contribution in [3.8, 4) is 0 Å². The molecule has 2 rings (SSSR count). The summed E-state index contributed by atoms with van der Waals surface area (Å²) in [5, 5.41) is 0.